The topological polar surface area (TPSA) is 285 Å². The normalized spacial score (nSPS) is 14.7. The van der Waals surface area contributed by atoms with E-state index in [0.29, 0.717) is 17.5 Å². The Bertz CT molecular complexity index is 1430. The van der Waals surface area contributed by atoms with Gasteiger partial charge in [-0.05, 0) is 48.9 Å². The van der Waals surface area contributed by atoms with Gasteiger partial charge in [0.25, 0.3) is 0 Å². The second kappa shape index (κ2) is 19.6. The lowest BCUT2D eigenvalue weighted by Gasteiger charge is -2.29. The molecule has 2 aromatic rings. The fourth-order valence-corrected chi connectivity index (χ4v) is 4.75. The van der Waals surface area contributed by atoms with E-state index < -0.39 is 71.8 Å². The lowest BCUT2D eigenvalue weighted by Crippen LogP contribution is -2.62. The van der Waals surface area contributed by atoms with Gasteiger partial charge >= 0.3 is 5.97 Å². The monoisotopic (exact) mass is 684 g/mol. The number of aliphatic hydroxyl groups is 1. The van der Waals surface area contributed by atoms with Gasteiger partial charge in [0, 0.05) is 19.4 Å². The molecule has 2 rings (SSSR count). The Labute approximate surface area is 284 Å². The van der Waals surface area contributed by atoms with Crippen LogP contribution in [0.4, 0.5) is 0 Å². The van der Waals surface area contributed by atoms with Crippen LogP contribution in [0.2, 0.25) is 0 Å². The number of aliphatic carboxylic acids is 1. The Morgan fingerprint density at radius 1 is 0.735 bits per heavy atom. The van der Waals surface area contributed by atoms with Crippen LogP contribution in [0.5, 0.6) is 5.75 Å². The lowest BCUT2D eigenvalue weighted by molar-refractivity contribution is -0.142. The number of rotatable bonds is 19. The highest BCUT2D eigenvalue weighted by Crippen LogP contribution is 2.13. The van der Waals surface area contributed by atoms with E-state index in [1.54, 1.807) is 56.3 Å². The van der Waals surface area contributed by atoms with Gasteiger partial charge in [-0.2, -0.15) is 0 Å². The molecule has 6 unspecified atom stereocenters. The average Bonchev–Trinajstić information content (AvgIpc) is 3.04. The Balaban J connectivity index is 2.21. The van der Waals surface area contributed by atoms with E-state index in [4.69, 9.17) is 17.2 Å². The van der Waals surface area contributed by atoms with E-state index in [-0.39, 0.29) is 37.5 Å². The number of carbonyl (C=O) groups excluding carboxylic acids is 4. The molecule has 2 aromatic carbocycles. The third-order valence-corrected chi connectivity index (χ3v) is 7.52. The molecule has 0 saturated heterocycles. The SMILES string of the molecule is CC(C)C(NC(=O)C(NC(=O)C(Cc1ccc(O)cc1)NC(=O)C(N)CCCN=C(N)N)C(C)O)C(=O)NC(Cc1ccccc1)C(=O)O. The Morgan fingerprint density at radius 3 is 1.82 bits per heavy atom. The van der Waals surface area contributed by atoms with Crippen LogP contribution in [-0.2, 0) is 36.8 Å². The zero-order valence-corrected chi connectivity index (χ0v) is 27.8. The molecule has 0 aliphatic heterocycles. The predicted octanol–water partition coefficient (Wildman–Crippen LogP) is -1.38. The number of aliphatic imine (C=N–C) groups is 1. The Kier molecular flexibility index (Phi) is 16.0. The van der Waals surface area contributed by atoms with Gasteiger partial charge in [-0.25, -0.2) is 4.79 Å². The van der Waals surface area contributed by atoms with E-state index in [2.05, 4.69) is 26.3 Å². The maximum atomic E-state index is 13.6. The highest BCUT2D eigenvalue weighted by atomic mass is 16.4. The molecule has 49 heavy (non-hydrogen) atoms. The van der Waals surface area contributed by atoms with E-state index in [9.17, 15) is 39.3 Å². The zero-order chi connectivity index (χ0) is 36.7. The maximum Gasteiger partial charge on any atom is 0.326 e. The number of benzene rings is 2. The van der Waals surface area contributed by atoms with E-state index in [0.717, 1.165) is 0 Å². The van der Waals surface area contributed by atoms with Crippen molar-refractivity contribution >= 4 is 35.6 Å². The fourth-order valence-electron chi connectivity index (χ4n) is 4.75. The summed E-state index contributed by atoms with van der Waals surface area (Å²) in [5.41, 5.74) is 17.9. The number of aromatic hydroxyl groups is 1. The number of amides is 4. The first kappa shape index (κ1) is 40.0. The first-order chi connectivity index (χ1) is 23.1. The van der Waals surface area contributed by atoms with Gasteiger partial charge in [0.2, 0.25) is 23.6 Å². The van der Waals surface area contributed by atoms with Crippen LogP contribution in [0.1, 0.15) is 44.7 Å². The van der Waals surface area contributed by atoms with Crippen molar-refractivity contribution in [2.75, 3.05) is 6.54 Å². The number of hydrogen-bond acceptors (Lipinski definition) is 9. The molecule has 16 nitrogen and oxygen atoms in total. The van der Waals surface area contributed by atoms with Crippen molar-refractivity contribution in [3.05, 3.63) is 65.7 Å². The maximum absolute atomic E-state index is 13.6. The summed E-state index contributed by atoms with van der Waals surface area (Å²) in [4.78, 5) is 69.0. The summed E-state index contributed by atoms with van der Waals surface area (Å²) in [7, 11) is 0. The second-order valence-electron chi connectivity index (χ2n) is 12.0. The van der Waals surface area contributed by atoms with Gasteiger partial charge < -0.3 is 53.8 Å². The van der Waals surface area contributed by atoms with Crippen molar-refractivity contribution < 1.29 is 39.3 Å². The molecule has 0 radical (unpaired) electrons. The number of carboxylic acids is 1. The van der Waals surface area contributed by atoms with Crippen molar-refractivity contribution in [3.63, 3.8) is 0 Å². The number of phenols is 1. The third kappa shape index (κ3) is 13.8. The Morgan fingerprint density at radius 2 is 1.27 bits per heavy atom. The van der Waals surface area contributed by atoms with E-state index in [1.165, 1.54) is 19.1 Å². The molecule has 0 bridgehead atoms. The van der Waals surface area contributed by atoms with E-state index in [1.807, 2.05) is 0 Å². The molecule has 268 valence electrons. The molecule has 0 aliphatic carbocycles. The zero-order valence-electron chi connectivity index (χ0n) is 27.8. The minimum atomic E-state index is -1.58. The molecular formula is C33H48N8O8. The number of aliphatic hydroxyl groups excluding tert-OH is 1. The number of hydrogen-bond donors (Lipinski definition) is 10. The standard InChI is InChI=1S/C33H48N8O8/c1-18(2)26(30(46)39-25(32(48)49)17-20-8-5-4-6-9-20)40-31(47)27(19(3)42)41-29(45)24(16-21-11-13-22(43)14-12-21)38-28(44)23(34)10-7-15-37-33(35)36/h4-6,8-9,11-14,18-19,23-27,42-43H,7,10,15-17,34H2,1-3H3,(H,38,44)(H,39,46)(H,40,47)(H,41,45)(H,48,49)(H4,35,36,37). The van der Waals surface area contributed by atoms with Gasteiger partial charge in [-0.3, -0.25) is 24.2 Å². The molecule has 13 N–H and O–H groups in total. The molecular weight excluding hydrogens is 636 g/mol. The van der Waals surface area contributed by atoms with Crippen LogP contribution in [-0.4, -0.2) is 93.7 Å². The largest absolute Gasteiger partial charge is 0.508 e. The molecule has 6 atom stereocenters. The number of nitrogens with one attached hydrogen (secondary N) is 4. The van der Waals surface area contributed by atoms with E-state index >= 15 is 0 Å². The van der Waals surface area contributed by atoms with Gasteiger partial charge in [-0.15, -0.1) is 0 Å². The first-order valence-corrected chi connectivity index (χ1v) is 15.8. The predicted molar refractivity (Wildman–Crippen MR) is 182 cm³/mol. The van der Waals surface area contributed by atoms with Crippen LogP contribution >= 0.6 is 0 Å². The summed E-state index contributed by atoms with van der Waals surface area (Å²) < 4.78 is 0. The van der Waals surface area contributed by atoms with Crippen LogP contribution in [0, 0.1) is 5.92 Å². The minimum Gasteiger partial charge on any atom is -0.508 e. The number of nitrogens with two attached hydrogens (primary N) is 3. The van der Waals surface area contributed by atoms with Crippen molar-refractivity contribution in [2.45, 2.75) is 82.8 Å². The summed E-state index contributed by atoms with van der Waals surface area (Å²) in [5, 5.41) is 40.0. The van der Waals surface area contributed by atoms with Gasteiger partial charge in [0.1, 0.15) is 29.9 Å². The lowest BCUT2D eigenvalue weighted by atomic mass is 10.00. The van der Waals surface area contributed by atoms with Gasteiger partial charge in [-0.1, -0.05) is 56.3 Å². The van der Waals surface area contributed by atoms with Crippen LogP contribution in [0.15, 0.2) is 59.6 Å². The smallest absolute Gasteiger partial charge is 0.326 e. The molecule has 4 amide bonds. The molecule has 0 saturated carbocycles. The number of guanidine groups is 1. The summed E-state index contributed by atoms with van der Waals surface area (Å²) >= 11 is 0. The van der Waals surface area contributed by atoms with Crippen LogP contribution in [0.3, 0.4) is 0 Å². The van der Waals surface area contributed by atoms with Crippen molar-refractivity contribution in [1.82, 2.24) is 21.3 Å². The highest BCUT2D eigenvalue weighted by molar-refractivity contribution is 5.96. The molecule has 0 heterocycles. The van der Waals surface area contributed by atoms with Crippen LogP contribution < -0.4 is 38.5 Å². The minimum absolute atomic E-state index is 0.00109. The molecule has 0 aromatic heterocycles. The number of carbonyl (C=O) groups is 5. The average molecular weight is 685 g/mol. The fraction of sp³-hybridized carbons (Fsp3) is 0.455. The summed E-state index contributed by atoms with van der Waals surface area (Å²) in [6, 6.07) is 8.20. The number of carboxylic acid groups (broad SMARTS) is 1. The van der Waals surface area contributed by atoms with Gasteiger partial charge in [0.15, 0.2) is 5.96 Å². The molecule has 0 aliphatic rings. The van der Waals surface area contributed by atoms with Crippen molar-refractivity contribution in [3.8, 4) is 5.75 Å². The Hall–Kier alpha value is -5.22. The number of nitrogens with zero attached hydrogens (tertiary/aromatic N) is 1. The molecule has 0 spiro atoms. The van der Waals surface area contributed by atoms with Crippen LogP contribution in [0.25, 0.3) is 0 Å². The van der Waals surface area contributed by atoms with Crippen molar-refractivity contribution in [1.29, 1.82) is 0 Å². The molecule has 16 heteroatoms. The molecule has 0 fully saturated rings. The summed E-state index contributed by atoms with van der Waals surface area (Å²) in [6.07, 6.45) is -0.937. The third-order valence-electron chi connectivity index (χ3n) is 7.52. The first-order valence-electron chi connectivity index (χ1n) is 15.8. The summed E-state index contributed by atoms with van der Waals surface area (Å²) in [6.45, 7) is 4.77. The quantitative estimate of drug-likeness (QED) is 0.0467. The highest BCUT2D eigenvalue weighted by Gasteiger charge is 2.35. The summed E-state index contributed by atoms with van der Waals surface area (Å²) in [5.74, 6) is -5.09. The second-order valence-corrected chi connectivity index (χ2v) is 12.0. The number of phenolic OH excluding ortho intramolecular Hbond substituents is 1. The van der Waals surface area contributed by atoms with Gasteiger partial charge in [0.05, 0.1) is 12.1 Å². The van der Waals surface area contributed by atoms with Crippen molar-refractivity contribution in [2.24, 2.45) is 28.1 Å².